The quantitative estimate of drug-likeness (QED) is 0.0397. The maximum atomic E-state index is 12.3. The number of hydrogen-bond acceptors (Lipinski definition) is 5. The molecule has 0 heterocycles. The molecule has 0 aromatic heterocycles. The first-order valence-electron chi connectivity index (χ1n) is 20.7. The first-order chi connectivity index (χ1) is 24.0. The molecule has 0 fully saturated rings. The highest BCUT2D eigenvalue weighted by molar-refractivity contribution is 5.77. The number of amides is 1. The topological polar surface area (TPSA) is 101 Å². The van der Waals surface area contributed by atoms with Gasteiger partial charge in [-0.25, -0.2) is 0 Å². The standard InChI is InChI=1S/C42H78N2O5/c1-3-5-7-9-11-13-15-17-19-21-23-25-27-29-31-33-41(46)48-37-35-44(40(45)39-43)36-38-49-42(47)34-32-30-28-26-24-22-20-18-16-14-12-10-8-6-4-2/h17-20H,3-16,21-39,43H2,1-2H3/p+1/b19-17-,20-18-. The second-order valence-corrected chi connectivity index (χ2v) is 13.7. The molecule has 0 spiro atoms. The van der Waals surface area contributed by atoms with Gasteiger partial charge in [-0.2, -0.15) is 0 Å². The number of rotatable bonds is 37. The SMILES string of the molecule is CCCCCCCC/C=C\CCCCCCCC(=O)OCCN(CCOC(=O)CCCCCCC/C=C\CCCCCCCC)C(=O)C[NH3+]. The van der Waals surface area contributed by atoms with E-state index in [1.807, 2.05) is 0 Å². The third-order valence-electron chi connectivity index (χ3n) is 9.10. The second-order valence-electron chi connectivity index (χ2n) is 13.7. The summed E-state index contributed by atoms with van der Waals surface area (Å²) in [5, 5.41) is 0. The Kier molecular flexibility index (Phi) is 37.0. The van der Waals surface area contributed by atoms with Crippen LogP contribution in [0.5, 0.6) is 0 Å². The first kappa shape index (κ1) is 46.9. The van der Waals surface area contributed by atoms with Crippen molar-refractivity contribution in [2.24, 2.45) is 0 Å². The highest BCUT2D eigenvalue weighted by atomic mass is 16.5. The molecule has 3 N–H and O–H groups in total. The minimum atomic E-state index is -0.217. The van der Waals surface area contributed by atoms with Crippen LogP contribution < -0.4 is 5.73 Å². The van der Waals surface area contributed by atoms with E-state index in [-0.39, 0.29) is 50.7 Å². The number of nitrogens with zero attached hydrogens (tertiary/aromatic N) is 1. The van der Waals surface area contributed by atoms with Crippen molar-refractivity contribution in [1.82, 2.24) is 4.90 Å². The van der Waals surface area contributed by atoms with Crippen molar-refractivity contribution >= 4 is 17.8 Å². The van der Waals surface area contributed by atoms with E-state index in [0.29, 0.717) is 12.8 Å². The number of quaternary nitrogens is 1. The fourth-order valence-corrected chi connectivity index (χ4v) is 5.88. The van der Waals surface area contributed by atoms with E-state index in [9.17, 15) is 14.4 Å². The Labute approximate surface area is 302 Å². The smallest absolute Gasteiger partial charge is 0.305 e. The maximum Gasteiger partial charge on any atom is 0.305 e. The number of carbonyl (C=O) groups is 3. The van der Waals surface area contributed by atoms with E-state index < -0.39 is 0 Å². The highest BCUT2D eigenvalue weighted by Gasteiger charge is 2.15. The molecule has 0 aliphatic heterocycles. The van der Waals surface area contributed by atoms with Crippen LogP contribution >= 0.6 is 0 Å². The van der Waals surface area contributed by atoms with Crippen LogP contribution in [0.15, 0.2) is 24.3 Å². The van der Waals surface area contributed by atoms with Crippen LogP contribution in [0.25, 0.3) is 0 Å². The molecular weight excluding hydrogens is 612 g/mol. The van der Waals surface area contributed by atoms with E-state index in [1.54, 1.807) is 4.90 Å². The summed E-state index contributed by atoms with van der Waals surface area (Å²) in [6.07, 6.45) is 41.9. The second kappa shape index (κ2) is 38.6. The summed E-state index contributed by atoms with van der Waals surface area (Å²) in [4.78, 5) is 38.2. The summed E-state index contributed by atoms with van der Waals surface area (Å²) in [6.45, 7) is 5.52. The largest absolute Gasteiger partial charge is 0.464 e. The Balaban J connectivity index is 3.75. The predicted molar refractivity (Wildman–Crippen MR) is 205 cm³/mol. The normalized spacial score (nSPS) is 11.5. The molecule has 0 aromatic rings. The van der Waals surface area contributed by atoms with Crippen LogP contribution in [0, 0.1) is 0 Å². The zero-order valence-corrected chi connectivity index (χ0v) is 32.3. The van der Waals surface area contributed by atoms with Gasteiger partial charge in [0.15, 0.2) is 6.54 Å². The zero-order chi connectivity index (χ0) is 35.9. The third-order valence-corrected chi connectivity index (χ3v) is 9.10. The fraction of sp³-hybridized carbons (Fsp3) is 0.833. The van der Waals surface area contributed by atoms with Gasteiger partial charge in [-0.15, -0.1) is 0 Å². The van der Waals surface area contributed by atoms with Crippen molar-refractivity contribution in [1.29, 1.82) is 0 Å². The van der Waals surface area contributed by atoms with Crippen LogP contribution in [-0.2, 0) is 23.9 Å². The minimum Gasteiger partial charge on any atom is -0.464 e. The molecule has 0 aliphatic rings. The van der Waals surface area contributed by atoms with E-state index in [1.165, 1.54) is 116 Å². The van der Waals surface area contributed by atoms with Crippen molar-refractivity contribution in [2.45, 2.75) is 194 Å². The van der Waals surface area contributed by atoms with Gasteiger partial charge in [-0.3, -0.25) is 14.4 Å². The highest BCUT2D eigenvalue weighted by Crippen LogP contribution is 2.12. The van der Waals surface area contributed by atoms with E-state index in [2.05, 4.69) is 43.9 Å². The van der Waals surface area contributed by atoms with Crippen molar-refractivity contribution in [3.63, 3.8) is 0 Å². The molecule has 7 nitrogen and oxygen atoms in total. The Bertz CT molecular complexity index is 755. The number of allylic oxidation sites excluding steroid dienone is 4. The van der Waals surface area contributed by atoms with Gasteiger partial charge in [0.1, 0.15) is 13.2 Å². The lowest BCUT2D eigenvalue weighted by Crippen LogP contribution is -2.58. The lowest BCUT2D eigenvalue weighted by atomic mass is 10.1. The molecule has 0 unspecified atom stereocenters. The summed E-state index contributed by atoms with van der Waals surface area (Å²) < 4.78 is 10.8. The fourth-order valence-electron chi connectivity index (χ4n) is 5.88. The predicted octanol–water partition coefficient (Wildman–Crippen LogP) is 10.2. The van der Waals surface area contributed by atoms with E-state index >= 15 is 0 Å². The van der Waals surface area contributed by atoms with Crippen LogP contribution in [0.4, 0.5) is 0 Å². The molecular formula is C42H79N2O5+. The number of esters is 2. The molecule has 0 aromatic carbocycles. The van der Waals surface area contributed by atoms with Gasteiger partial charge in [0.2, 0.25) is 0 Å². The molecule has 49 heavy (non-hydrogen) atoms. The molecule has 0 saturated heterocycles. The van der Waals surface area contributed by atoms with E-state index in [4.69, 9.17) is 9.47 Å². The van der Waals surface area contributed by atoms with E-state index in [0.717, 1.165) is 51.4 Å². The van der Waals surface area contributed by atoms with Crippen LogP contribution in [-0.4, -0.2) is 55.6 Å². The Morgan fingerprint density at radius 3 is 1.10 bits per heavy atom. The average Bonchev–Trinajstić information content (AvgIpc) is 3.10. The summed E-state index contributed by atoms with van der Waals surface area (Å²) in [5.74, 6) is -0.571. The Morgan fingerprint density at radius 1 is 0.469 bits per heavy atom. The molecule has 1 amide bonds. The molecule has 0 aliphatic carbocycles. The van der Waals surface area contributed by atoms with Crippen molar-refractivity contribution in [3.05, 3.63) is 24.3 Å². The molecule has 7 heteroatoms. The molecule has 0 atom stereocenters. The number of unbranched alkanes of at least 4 members (excludes halogenated alkanes) is 22. The van der Waals surface area contributed by atoms with Crippen LogP contribution in [0.1, 0.15) is 194 Å². The molecule has 0 saturated carbocycles. The van der Waals surface area contributed by atoms with Gasteiger partial charge in [-0.1, -0.05) is 141 Å². The van der Waals surface area contributed by atoms with Gasteiger partial charge in [0, 0.05) is 12.8 Å². The molecule has 286 valence electrons. The van der Waals surface area contributed by atoms with Gasteiger partial charge >= 0.3 is 11.9 Å². The average molecular weight is 692 g/mol. The molecule has 0 radical (unpaired) electrons. The van der Waals surface area contributed by atoms with Gasteiger partial charge < -0.3 is 20.1 Å². The Hall–Kier alpha value is -2.15. The van der Waals surface area contributed by atoms with Crippen LogP contribution in [0.2, 0.25) is 0 Å². The van der Waals surface area contributed by atoms with Crippen LogP contribution in [0.3, 0.4) is 0 Å². The summed E-state index contributed by atoms with van der Waals surface area (Å²) >= 11 is 0. The maximum absolute atomic E-state index is 12.3. The van der Waals surface area contributed by atoms with Crippen molar-refractivity contribution < 1.29 is 29.6 Å². The number of carbonyl (C=O) groups excluding carboxylic acids is 3. The van der Waals surface area contributed by atoms with Crippen molar-refractivity contribution in [2.75, 3.05) is 32.8 Å². The zero-order valence-electron chi connectivity index (χ0n) is 32.3. The summed E-state index contributed by atoms with van der Waals surface area (Å²) in [5.41, 5.74) is 3.69. The van der Waals surface area contributed by atoms with Gasteiger partial charge in [0.25, 0.3) is 5.91 Å². The minimum absolute atomic E-state index is 0.117. The summed E-state index contributed by atoms with van der Waals surface area (Å²) in [6, 6.07) is 0. The monoisotopic (exact) mass is 692 g/mol. The van der Waals surface area contributed by atoms with Gasteiger partial charge in [-0.05, 0) is 64.2 Å². The summed E-state index contributed by atoms with van der Waals surface area (Å²) in [7, 11) is 0. The third kappa shape index (κ3) is 35.5. The van der Waals surface area contributed by atoms with Crippen molar-refractivity contribution in [3.8, 4) is 0 Å². The molecule has 0 bridgehead atoms. The lowest BCUT2D eigenvalue weighted by molar-refractivity contribution is -0.357. The molecule has 0 rings (SSSR count). The number of hydrogen-bond donors (Lipinski definition) is 1. The van der Waals surface area contributed by atoms with Gasteiger partial charge in [0.05, 0.1) is 13.1 Å². The first-order valence-corrected chi connectivity index (χ1v) is 20.7. The number of ether oxygens (including phenoxy) is 2. The lowest BCUT2D eigenvalue weighted by Gasteiger charge is -2.21. The Morgan fingerprint density at radius 2 is 0.776 bits per heavy atom.